The number of aldehydes is 1. The Morgan fingerprint density at radius 1 is 1.14 bits per heavy atom. The fraction of sp³-hybridized carbons (Fsp3) is 0.250. The van der Waals surface area contributed by atoms with Gasteiger partial charge in [-0.2, -0.15) is 8.42 Å². The van der Waals surface area contributed by atoms with Gasteiger partial charge < -0.3 is 9.84 Å². The largest absolute Gasteiger partial charge is 0.488 e. The Hall–Kier alpha value is -2.69. The molecule has 1 heterocycles. The Morgan fingerprint density at radius 2 is 1.74 bits per heavy atom. The molecule has 0 spiro atoms. The third kappa shape index (κ3) is 5.94. The minimum absolute atomic E-state index is 0.0707. The number of aliphatic carboxylic acids is 1. The molecule has 0 fully saturated rings. The van der Waals surface area contributed by atoms with E-state index in [4.69, 9.17) is 27.9 Å². The Bertz CT molecular complexity index is 1280. The third-order valence-electron chi connectivity index (χ3n) is 5.01. The van der Waals surface area contributed by atoms with Crippen molar-refractivity contribution in [1.29, 1.82) is 0 Å². The molecule has 0 saturated heterocycles. The summed E-state index contributed by atoms with van der Waals surface area (Å²) in [6.45, 7) is 5.72. The molecule has 3 rings (SSSR count). The number of carboxylic acid groups (broad SMARTS) is 1. The molecule has 1 aliphatic heterocycles. The smallest absolute Gasteiger partial charge is 0.354 e. The topological polar surface area (TPSA) is 110 Å². The SMILES string of the molecule is CC(C)(C)Oc1ccc(C[C@H](N[N+]2(S(=O)(=O)c3cc(Cl)cc(Cl)c3)C=CC=C2C=O)C(=O)O)cc1. The van der Waals surface area contributed by atoms with E-state index in [0.29, 0.717) is 17.6 Å². The Balaban J connectivity index is 1.99. The summed E-state index contributed by atoms with van der Waals surface area (Å²) in [4.78, 5) is 23.8. The number of carbonyl (C=O) groups excluding carboxylic acids is 1. The lowest BCUT2D eigenvalue weighted by Gasteiger charge is -2.32. The van der Waals surface area contributed by atoms with E-state index in [-0.39, 0.29) is 27.1 Å². The number of carbonyl (C=O) groups is 2. The number of hydrogen-bond donors (Lipinski definition) is 2. The van der Waals surface area contributed by atoms with Crippen molar-refractivity contribution in [2.24, 2.45) is 0 Å². The van der Waals surface area contributed by atoms with Crippen LogP contribution in [0.4, 0.5) is 0 Å². The molecule has 0 saturated carbocycles. The van der Waals surface area contributed by atoms with Crippen LogP contribution in [0.25, 0.3) is 0 Å². The van der Waals surface area contributed by atoms with E-state index in [1.807, 2.05) is 20.8 Å². The molecule has 0 radical (unpaired) electrons. The van der Waals surface area contributed by atoms with Crippen LogP contribution in [0.3, 0.4) is 0 Å². The second-order valence-corrected chi connectivity index (χ2v) is 11.7. The zero-order valence-electron chi connectivity index (χ0n) is 19.2. The van der Waals surface area contributed by atoms with Crippen molar-refractivity contribution in [3.05, 3.63) is 82.1 Å². The van der Waals surface area contributed by atoms with Gasteiger partial charge in [0.05, 0.1) is 0 Å². The van der Waals surface area contributed by atoms with Gasteiger partial charge in [0.1, 0.15) is 22.4 Å². The van der Waals surface area contributed by atoms with Crippen LogP contribution in [-0.4, -0.2) is 41.4 Å². The number of hydrogen-bond acceptors (Lipinski definition) is 6. The van der Waals surface area contributed by atoms with Gasteiger partial charge in [-0.3, -0.25) is 9.59 Å². The van der Waals surface area contributed by atoms with Gasteiger partial charge in [-0.15, -0.1) is 5.43 Å². The summed E-state index contributed by atoms with van der Waals surface area (Å²) in [6.07, 6.45) is 4.12. The lowest BCUT2D eigenvalue weighted by molar-refractivity contribution is -0.756. The number of benzene rings is 2. The molecule has 2 N–H and O–H groups in total. The lowest BCUT2D eigenvalue weighted by atomic mass is 10.1. The minimum atomic E-state index is -4.47. The van der Waals surface area contributed by atoms with Crippen LogP contribution in [0.1, 0.15) is 26.3 Å². The molecule has 0 aliphatic carbocycles. The summed E-state index contributed by atoms with van der Waals surface area (Å²) >= 11 is 12.0. The summed E-state index contributed by atoms with van der Waals surface area (Å²) < 4.78 is 32.0. The molecule has 1 unspecified atom stereocenters. The molecule has 2 aromatic rings. The first kappa shape index (κ1) is 26.9. The van der Waals surface area contributed by atoms with Crippen LogP contribution >= 0.6 is 23.2 Å². The van der Waals surface area contributed by atoms with E-state index in [9.17, 15) is 23.1 Å². The van der Waals surface area contributed by atoms with Gasteiger partial charge in [0.15, 0.2) is 6.04 Å². The van der Waals surface area contributed by atoms with Gasteiger partial charge in [0.25, 0.3) is 0 Å². The maximum Gasteiger partial charge on any atom is 0.354 e. The van der Waals surface area contributed by atoms with Crippen LogP contribution in [0.15, 0.2) is 71.4 Å². The standard InChI is InChI=1S/C24H24Cl2N2O6S/c1-24(2,3)34-20-8-6-16(7-9-20)11-22(23(30)31)27-28(10-4-5-19(28)15-29)35(32,33)21-13-17(25)12-18(26)14-21/h4-10,12-15,22,27H,11H2,1-3H3/p+1/t22-,28?/m0/s1. The number of ether oxygens (including phenoxy) is 1. The summed E-state index contributed by atoms with van der Waals surface area (Å²) in [5.41, 5.74) is 2.65. The van der Waals surface area contributed by atoms with E-state index in [0.717, 1.165) is 0 Å². The zero-order chi connectivity index (χ0) is 26.0. The molecule has 8 nitrogen and oxygen atoms in total. The number of halogens is 2. The highest BCUT2D eigenvalue weighted by atomic mass is 35.5. The maximum absolute atomic E-state index is 13.8. The molecular weight excluding hydrogens is 515 g/mol. The normalized spacial score (nSPS) is 18.7. The Kier molecular flexibility index (Phi) is 7.78. The monoisotopic (exact) mass is 539 g/mol. The third-order valence-corrected chi connectivity index (χ3v) is 7.48. The van der Waals surface area contributed by atoms with Crippen molar-refractivity contribution in [1.82, 2.24) is 5.43 Å². The highest BCUT2D eigenvalue weighted by Crippen LogP contribution is 2.34. The molecule has 186 valence electrons. The highest BCUT2D eigenvalue weighted by molar-refractivity contribution is 7.86. The summed E-state index contributed by atoms with van der Waals surface area (Å²) in [5, 5.41) is 10.1. The summed E-state index contributed by atoms with van der Waals surface area (Å²) in [6, 6.07) is 9.16. The van der Waals surface area contributed by atoms with E-state index in [1.54, 1.807) is 24.3 Å². The lowest BCUT2D eigenvalue weighted by Crippen LogP contribution is -2.61. The number of carboxylic acids is 1. The van der Waals surface area contributed by atoms with Gasteiger partial charge in [-0.1, -0.05) is 39.3 Å². The molecule has 2 aromatic carbocycles. The van der Waals surface area contributed by atoms with Gasteiger partial charge in [0, 0.05) is 28.6 Å². The average molecular weight is 540 g/mol. The van der Waals surface area contributed by atoms with Crippen molar-refractivity contribution in [3.63, 3.8) is 0 Å². The first-order chi connectivity index (χ1) is 16.3. The zero-order valence-corrected chi connectivity index (χ0v) is 21.6. The van der Waals surface area contributed by atoms with E-state index in [1.165, 1.54) is 36.6 Å². The Morgan fingerprint density at radius 3 is 2.26 bits per heavy atom. The van der Waals surface area contributed by atoms with Gasteiger partial charge in [0.2, 0.25) is 12.0 Å². The fourth-order valence-electron chi connectivity index (χ4n) is 3.53. The number of allylic oxidation sites excluding steroid dienone is 3. The van der Waals surface area contributed by atoms with Crippen LogP contribution < -0.4 is 10.2 Å². The number of sulfonamides is 1. The maximum atomic E-state index is 13.8. The number of quaternary nitrogens is 1. The van der Waals surface area contributed by atoms with E-state index >= 15 is 0 Å². The molecule has 0 amide bonds. The summed E-state index contributed by atoms with van der Waals surface area (Å²) in [7, 11) is -4.47. The highest BCUT2D eigenvalue weighted by Gasteiger charge is 2.51. The van der Waals surface area contributed by atoms with Crippen LogP contribution in [-0.2, 0) is 26.0 Å². The first-order valence-electron chi connectivity index (χ1n) is 10.5. The predicted molar refractivity (Wildman–Crippen MR) is 132 cm³/mol. The van der Waals surface area contributed by atoms with Crippen LogP contribution in [0.2, 0.25) is 10.0 Å². The predicted octanol–water partition coefficient (Wildman–Crippen LogP) is 4.49. The molecule has 0 bridgehead atoms. The number of nitrogens with one attached hydrogen (secondary N) is 1. The van der Waals surface area contributed by atoms with Gasteiger partial charge in [-0.05, 0) is 56.7 Å². The number of rotatable bonds is 9. The van der Waals surface area contributed by atoms with Crippen molar-refractivity contribution < 1.29 is 31.8 Å². The average Bonchev–Trinajstić information content (AvgIpc) is 3.17. The molecule has 35 heavy (non-hydrogen) atoms. The van der Waals surface area contributed by atoms with E-state index in [2.05, 4.69) is 5.43 Å². The van der Waals surface area contributed by atoms with Crippen molar-refractivity contribution in [2.45, 2.75) is 43.7 Å². The second-order valence-electron chi connectivity index (χ2n) is 8.87. The van der Waals surface area contributed by atoms with Crippen LogP contribution in [0, 0.1) is 0 Å². The first-order valence-corrected chi connectivity index (χ1v) is 12.7. The van der Waals surface area contributed by atoms with Crippen molar-refractivity contribution >= 4 is 45.5 Å². The molecular formula is C24H25Cl2N2O6S+. The minimum Gasteiger partial charge on any atom is -0.488 e. The van der Waals surface area contributed by atoms with E-state index < -0.39 is 31.6 Å². The van der Waals surface area contributed by atoms with Crippen molar-refractivity contribution in [2.75, 3.05) is 0 Å². The quantitative estimate of drug-likeness (QED) is 0.356. The molecule has 11 heteroatoms. The molecule has 2 atom stereocenters. The van der Waals surface area contributed by atoms with Crippen LogP contribution in [0.5, 0.6) is 5.75 Å². The molecule has 1 aliphatic rings. The fourth-order valence-corrected chi connectivity index (χ4v) is 5.95. The van der Waals surface area contributed by atoms with Gasteiger partial charge in [-0.25, -0.2) is 0 Å². The molecule has 0 aromatic heterocycles. The second kappa shape index (κ2) is 10.1. The summed E-state index contributed by atoms with van der Waals surface area (Å²) in [5.74, 6) is -0.693. The van der Waals surface area contributed by atoms with Gasteiger partial charge >= 0.3 is 16.0 Å². The Labute approximate surface area is 214 Å². The van der Waals surface area contributed by atoms with Crippen molar-refractivity contribution in [3.8, 4) is 5.75 Å². The number of nitrogens with zero attached hydrogens (tertiary/aromatic N) is 1.